The Kier molecular flexibility index (Phi) is 2.92. The Labute approximate surface area is 118 Å². The van der Waals surface area contributed by atoms with Gasteiger partial charge in [-0.3, -0.25) is 0 Å². The summed E-state index contributed by atoms with van der Waals surface area (Å²) in [5.74, 6) is -0.401. The van der Waals surface area contributed by atoms with E-state index in [-0.39, 0.29) is 0 Å². The summed E-state index contributed by atoms with van der Waals surface area (Å²) < 4.78 is 5.84. The topological polar surface area (TPSA) is 39.2 Å². The number of hydrogen-bond donors (Lipinski definition) is 0. The Bertz CT molecular complexity index is 810. The first-order valence-electron chi connectivity index (χ1n) is 5.68. The number of nitrogens with zero attached hydrogens (tertiary/aromatic N) is 1. The monoisotopic (exact) mass is 291 g/mol. The Balaban J connectivity index is 2.48. The van der Waals surface area contributed by atoms with Crippen LogP contribution in [-0.4, -0.2) is 18.1 Å². The van der Waals surface area contributed by atoms with Crippen LogP contribution in [0.15, 0.2) is 24.3 Å². The summed E-state index contributed by atoms with van der Waals surface area (Å²) >= 11 is 7.86. The lowest BCUT2D eigenvalue weighted by molar-refractivity contribution is 0.0603. The minimum atomic E-state index is -0.401. The van der Waals surface area contributed by atoms with E-state index in [1.54, 1.807) is 17.4 Å². The predicted octanol–water partition coefficient (Wildman–Crippen LogP) is 4.20. The van der Waals surface area contributed by atoms with Gasteiger partial charge >= 0.3 is 5.97 Å². The third-order valence-corrected chi connectivity index (χ3v) is 4.35. The molecule has 0 bridgehead atoms. The maximum Gasteiger partial charge on any atom is 0.340 e. The second kappa shape index (κ2) is 4.47. The Morgan fingerprint density at radius 3 is 2.89 bits per heavy atom. The maximum atomic E-state index is 11.8. The number of aryl methyl sites for hydroxylation is 1. The Morgan fingerprint density at radius 2 is 2.16 bits per heavy atom. The molecule has 2 heterocycles. The van der Waals surface area contributed by atoms with Crippen molar-refractivity contribution in [2.45, 2.75) is 6.92 Å². The number of ether oxygens (including phenoxy) is 1. The minimum absolute atomic E-state index is 0.401. The van der Waals surface area contributed by atoms with Crippen LogP contribution in [0.4, 0.5) is 0 Å². The molecule has 0 saturated heterocycles. The molecule has 96 valence electrons. The highest BCUT2D eigenvalue weighted by Crippen LogP contribution is 2.36. The number of carbonyl (C=O) groups is 1. The number of carbonyl (C=O) groups excluding carboxylic acids is 1. The van der Waals surface area contributed by atoms with Gasteiger partial charge in [-0.1, -0.05) is 23.7 Å². The highest BCUT2D eigenvalue weighted by Gasteiger charge is 2.16. The lowest BCUT2D eigenvalue weighted by atomic mass is 10.1. The van der Waals surface area contributed by atoms with Crippen molar-refractivity contribution in [2.24, 2.45) is 0 Å². The lowest BCUT2D eigenvalue weighted by Gasteiger charge is -2.05. The van der Waals surface area contributed by atoms with E-state index < -0.39 is 5.97 Å². The quantitative estimate of drug-likeness (QED) is 0.498. The number of hydrogen-bond acceptors (Lipinski definition) is 4. The van der Waals surface area contributed by atoms with Gasteiger partial charge in [0, 0.05) is 20.3 Å². The van der Waals surface area contributed by atoms with Crippen LogP contribution in [0, 0.1) is 6.92 Å². The molecule has 0 N–H and O–H groups in total. The molecule has 19 heavy (non-hydrogen) atoms. The van der Waals surface area contributed by atoms with E-state index in [4.69, 9.17) is 16.3 Å². The van der Waals surface area contributed by atoms with Crippen LogP contribution in [0.2, 0.25) is 5.15 Å². The fraction of sp³-hybridized carbons (Fsp3) is 0.143. The van der Waals surface area contributed by atoms with Crippen molar-refractivity contribution in [3.63, 3.8) is 0 Å². The number of thiophene rings is 1. The number of benzene rings is 1. The summed E-state index contributed by atoms with van der Waals surface area (Å²) in [4.78, 5) is 17.3. The molecule has 5 heteroatoms. The van der Waals surface area contributed by atoms with E-state index in [0.29, 0.717) is 16.2 Å². The molecule has 1 aromatic carbocycles. The average molecular weight is 292 g/mol. The van der Waals surface area contributed by atoms with Crippen LogP contribution in [0.5, 0.6) is 0 Å². The maximum absolute atomic E-state index is 11.8. The molecule has 0 amide bonds. The zero-order valence-electron chi connectivity index (χ0n) is 10.4. The molecule has 0 saturated carbocycles. The van der Waals surface area contributed by atoms with Gasteiger partial charge < -0.3 is 4.74 Å². The molecule has 0 fully saturated rings. The van der Waals surface area contributed by atoms with Gasteiger partial charge in [-0.2, -0.15) is 0 Å². The number of fused-ring (bicyclic) bond motifs is 3. The third kappa shape index (κ3) is 1.88. The number of halogens is 1. The normalized spacial score (nSPS) is 11.1. The number of para-hydroxylation sites is 1. The predicted molar refractivity (Wildman–Crippen MR) is 78.2 cm³/mol. The molecule has 0 aliphatic rings. The van der Waals surface area contributed by atoms with E-state index in [1.165, 1.54) is 7.11 Å². The van der Waals surface area contributed by atoms with Gasteiger partial charge in [0.15, 0.2) is 0 Å². The van der Waals surface area contributed by atoms with E-state index in [2.05, 4.69) is 4.98 Å². The number of aromatic nitrogens is 1. The summed E-state index contributed by atoms with van der Waals surface area (Å²) in [6.45, 7) is 2.02. The first kappa shape index (κ1) is 12.4. The van der Waals surface area contributed by atoms with Gasteiger partial charge in [0.25, 0.3) is 0 Å². The molecule has 3 aromatic rings. The molecule has 0 aliphatic heterocycles. The summed E-state index contributed by atoms with van der Waals surface area (Å²) in [7, 11) is 1.36. The number of esters is 1. The van der Waals surface area contributed by atoms with Crippen molar-refractivity contribution in [3.05, 3.63) is 39.9 Å². The van der Waals surface area contributed by atoms with Crippen molar-refractivity contribution >= 4 is 49.9 Å². The lowest BCUT2D eigenvalue weighted by Crippen LogP contribution is -2.03. The number of pyridine rings is 1. The SMILES string of the molecule is COC(=O)c1cccc2c1nc(Cl)c1cc(C)sc12. The highest BCUT2D eigenvalue weighted by atomic mass is 35.5. The molecule has 0 spiro atoms. The fourth-order valence-electron chi connectivity index (χ4n) is 2.15. The van der Waals surface area contributed by atoms with Crippen molar-refractivity contribution in [1.29, 1.82) is 0 Å². The summed E-state index contributed by atoms with van der Waals surface area (Å²) in [6, 6.07) is 7.49. The van der Waals surface area contributed by atoms with Crippen LogP contribution in [0.25, 0.3) is 21.0 Å². The third-order valence-electron chi connectivity index (χ3n) is 2.97. The average Bonchev–Trinajstić information content (AvgIpc) is 2.80. The van der Waals surface area contributed by atoms with Crippen molar-refractivity contribution in [3.8, 4) is 0 Å². The molecule has 0 aliphatic carbocycles. The first-order chi connectivity index (χ1) is 9.11. The summed E-state index contributed by atoms with van der Waals surface area (Å²) in [6.07, 6.45) is 0. The van der Waals surface area contributed by atoms with E-state index in [9.17, 15) is 4.79 Å². The number of methoxy groups -OCH3 is 1. The van der Waals surface area contributed by atoms with Crippen LogP contribution in [0.1, 0.15) is 15.2 Å². The summed E-state index contributed by atoms with van der Waals surface area (Å²) in [5.41, 5.74) is 1.03. The fourth-order valence-corrected chi connectivity index (χ4v) is 3.48. The second-order valence-electron chi connectivity index (χ2n) is 4.20. The van der Waals surface area contributed by atoms with Crippen LogP contribution < -0.4 is 0 Å². The minimum Gasteiger partial charge on any atom is -0.465 e. The second-order valence-corrected chi connectivity index (χ2v) is 5.81. The molecule has 0 unspecified atom stereocenters. The standard InChI is InChI=1S/C14H10ClNO2S/c1-7-6-10-12(19-7)8-4-3-5-9(14(17)18-2)11(8)16-13(10)15/h3-6H,1-2H3. The Morgan fingerprint density at radius 1 is 1.37 bits per heavy atom. The molecule has 3 nitrogen and oxygen atoms in total. The van der Waals surface area contributed by atoms with Gasteiger partial charge in [-0.05, 0) is 19.1 Å². The summed E-state index contributed by atoms with van der Waals surface area (Å²) in [5, 5.41) is 2.28. The van der Waals surface area contributed by atoms with Gasteiger partial charge in [0.2, 0.25) is 0 Å². The van der Waals surface area contributed by atoms with Crippen LogP contribution in [-0.2, 0) is 4.74 Å². The van der Waals surface area contributed by atoms with Crippen molar-refractivity contribution in [2.75, 3.05) is 7.11 Å². The Hall–Kier alpha value is -1.65. The van der Waals surface area contributed by atoms with Gasteiger partial charge in [0.05, 0.1) is 18.2 Å². The molecular formula is C14H10ClNO2S. The van der Waals surface area contributed by atoms with Crippen molar-refractivity contribution in [1.82, 2.24) is 4.98 Å². The molecular weight excluding hydrogens is 282 g/mol. The van der Waals surface area contributed by atoms with E-state index in [0.717, 1.165) is 20.3 Å². The molecule has 0 atom stereocenters. The van der Waals surface area contributed by atoms with Crippen LogP contribution >= 0.6 is 22.9 Å². The molecule has 2 aromatic heterocycles. The molecule has 3 rings (SSSR count). The zero-order valence-corrected chi connectivity index (χ0v) is 11.9. The smallest absolute Gasteiger partial charge is 0.340 e. The zero-order chi connectivity index (χ0) is 13.6. The van der Waals surface area contributed by atoms with Gasteiger partial charge in [-0.25, -0.2) is 9.78 Å². The first-order valence-corrected chi connectivity index (χ1v) is 6.88. The van der Waals surface area contributed by atoms with Gasteiger partial charge in [0.1, 0.15) is 5.15 Å². The highest BCUT2D eigenvalue weighted by molar-refractivity contribution is 7.20. The largest absolute Gasteiger partial charge is 0.465 e. The van der Waals surface area contributed by atoms with E-state index in [1.807, 2.05) is 25.1 Å². The van der Waals surface area contributed by atoms with Gasteiger partial charge in [-0.15, -0.1) is 11.3 Å². The molecule has 0 radical (unpaired) electrons. The van der Waals surface area contributed by atoms with Crippen molar-refractivity contribution < 1.29 is 9.53 Å². The number of rotatable bonds is 1. The van der Waals surface area contributed by atoms with Crippen LogP contribution in [0.3, 0.4) is 0 Å². The van der Waals surface area contributed by atoms with E-state index >= 15 is 0 Å².